The van der Waals surface area contributed by atoms with Crippen LogP contribution in [0, 0.1) is 5.92 Å². The van der Waals surface area contributed by atoms with Crippen LogP contribution < -0.4 is 5.32 Å². The highest BCUT2D eigenvalue weighted by molar-refractivity contribution is 7.88. The maximum absolute atomic E-state index is 11.8. The molecule has 1 aromatic rings. The number of rotatable bonds is 5. The maximum Gasteiger partial charge on any atom is 0.338 e. The second-order valence-electron chi connectivity index (χ2n) is 4.99. The van der Waals surface area contributed by atoms with Crippen molar-refractivity contribution in [3.8, 4) is 0 Å². The van der Waals surface area contributed by atoms with Gasteiger partial charge >= 0.3 is 5.97 Å². The van der Waals surface area contributed by atoms with Crippen molar-refractivity contribution in [1.82, 2.24) is 9.62 Å². The minimum atomic E-state index is -3.20. The van der Waals surface area contributed by atoms with Crippen molar-refractivity contribution in [3.05, 3.63) is 23.7 Å². The maximum atomic E-state index is 11.8. The van der Waals surface area contributed by atoms with Crippen molar-refractivity contribution in [2.75, 3.05) is 25.9 Å². The van der Waals surface area contributed by atoms with Gasteiger partial charge in [0.05, 0.1) is 11.8 Å². The Morgan fingerprint density at radius 2 is 2.24 bits per heavy atom. The van der Waals surface area contributed by atoms with Crippen LogP contribution in [0.25, 0.3) is 0 Å². The van der Waals surface area contributed by atoms with Gasteiger partial charge in [0.25, 0.3) is 5.91 Å². The van der Waals surface area contributed by atoms with E-state index < -0.39 is 21.9 Å². The van der Waals surface area contributed by atoms with Gasteiger partial charge in [0.2, 0.25) is 10.0 Å². The molecule has 1 aliphatic heterocycles. The molecule has 2 rings (SSSR count). The number of sulfonamides is 1. The van der Waals surface area contributed by atoms with Crippen LogP contribution in [-0.2, 0) is 10.0 Å². The van der Waals surface area contributed by atoms with E-state index in [9.17, 15) is 18.0 Å². The molecule has 0 spiro atoms. The largest absolute Gasteiger partial charge is 0.478 e. The zero-order chi connectivity index (χ0) is 15.6. The van der Waals surface area contributed by atoms with Crippen molar-refractivity contribution < 1.29 is 27.5 Å². The molecule has 0 aromatic carbocycles. The molecule has 0 saturated carbocycles. The van der Waals surface area contributed by atoms with E-state index in [1.54, 1.807) is 0 Å². The van der Waals surface area contributed by atoms with E-state index in [-0.39, 0.29) is 17.2 Å². The van der Waals surface area contributed by atoms with Crippen LogP contribution in [0.3, 0.4) is 0 Å². The lowest BCUT2D eigenvalue weighted by Crippen LogP contribution is -2.32. The number of aromatic carboxylic acids is 1. The molecule has 2 heterocycles. The summed E-state index contributed by atoms with van der Waals surface area (Å²) in [7, 11) is -3.20. The van der Waals surface area contributed by atoms with Crippen LogP contribution in [0.2, 0.25) is 0 Å². The van der Waals surface area contributed by atoms with Crippen molar-refractivity contribution in [2.45, 2.75) is 6.42 Å². The van der Waals surface area contributed by atoms with Gasteiger partial charge in [-0.15, -0.1) is 0 Å². The van der Waals surface area contributed by atoms with Crippen LogP contribution in [0.1, 0.15) is 27.3 Å². The van der Waals surface area contributed by atoms with E-state index in [0.29, 0.717) is 26.1 Å². The topological polar surface area (TPSA) is 117 Å². The molecule has 1 aliphatic rings. The predicted molar refractivity (Wildman–Crippen MR) is 72.5 cm³/mol. The van der Waals surface area contributed by atoms with Crippen LogP contribution in [0.5, 0.6) is 0 Å². The molecule has 1 amide bonds. The average Bonchev–Trinajstić information content (AvgIpc) is 3.04. The summed E-state index contributed by atoms with van der Waals surface area (Å²) in [4.78, 5) is 22.5. The van der Waals surface area contributed by atoms with Gasteiger partial charge in [0.15, 0.2) is 5.76 Å². The summed E-state index contributed by atoms with van der Waals surface area (Å²) in [5.41, 5.74) is -0.0933. The Morgan fingerprint density at radius 3 is 2.76 bits per heavy atom. The number of carbonyl (C=O) groups is 2. The fourth-order valence-corrected chi connectivity index (χ4v) is 3.08. The molecule has 1 aromatic heterocycles. The molecule has 0 radical (unpaired) electrons. The van der Waals surface area contributed by atoms with E-state index in [4.69, 9.17) is 9.52 Å². The molecule has 1 fully saturated rings. The van der Waals surface area contributed by atoms with Gasteiger partial charge < -0.3 is 14.8 Å². The standard InChI is InChI=1S/C12H16N2O6S/c1-21(18,19)14-3-2-8(6-14)5-13-11(15)10-4-9(7-20-10)12(16)17/h4,7-8H,2-3,5-6H2,1H3,(H,13,15)(H,16,17). The van der Waals surface area contributed by atoms with Gasteiger partial charge in [-0.25, -0.2) is 17.5 Å². The summed E-state index contributed by atoms with van der Waals surface area (Å²) >= 11 is 0. The SMILES string of the molecule is CS(=O)(=O)N1CCC(CNC(=O)c2cc(C(=O)O)co2)C1. The third kappa shape index (κ3) is 3.82. The van der Waals surface area contributed by atoms with Crippen LogP contribution in [-0.4, -0.2) is 55.6 Å². The van der Waals surface area contributed by atoms with Crippen molar-refractivity contribution in [2.24, 2.45) is 5.92 Å². The first-order chi connectivity index (χ1) is 9.77. The molecule has 8 nitrogen and oxygen atoms in total. The van der Waals surface area contributed by atoms with Crippen LogP contribution in [0.15, 0.2) is 16.7 Å². The summed E-state index contributed by atoms with van der Waals surface area (Å²) in [6, 6.07) is 1.15. The van der Waals surface area contributed by atoms with Gasteiger partial charge in [-0.1, -0.05) is 0 Å². The van der Waals surface area contributed by atoms with E-state index in [1.165, 1.54) is 4.31 Å². The smallest absolute Gasteiger partial charge is 0.338 e. The molecule has 9 heteroatoms. The lowest BCUT2D eigenvalue weighted by molar-refractivity contribution is 0.0695. The number of nitrogens with zero attached hydrogens (tertiary/aromatic N) is 1. The van der Waals surface area contributed by atoms with Gasteiger partial charge in [-0.2, -0.15) is 0 Å². The summed E-state index contributed by atoms with van der Waals surface area (Å²) in [6.07, 6.45) is 2.83. The highest BCUT2D eigenvalue weighted by Gasteiger charge is 2.28. The first-order valence-electron chi connectivity index (χ1n) is 6.32. The highest BCUT2D eigenvalue weighted by Crippen LogP contribution is 2.18. The van der Waals surface area contributed by atoms with E-state index in [2.05, 4.69) is 5.32 Å². The van der Waals surface area contributed by atoms with E-state index >= 15 is 0 Å². The first kappa shape index (κ1) is 15.5. The lowest BCUT2D eigenvalue weighted by Gasteiger charge is -2.13. The van der Waals surface area contributed by atoms with Gasteiger partial charge in [-0.3, -0.25) is 4.79 Å². The summed E-state index contributed by atoms with van der Waals surface area (Å²) in [5.74, 6) is -1.72. The minimum Gasteiger partial charge on any atom is -0.478 e. The highest BCUT2D eigenvalue weighted by atomic mass is 32.2. The van der Waals surface area contributed by atoms with Crippen molar-refractivity contribution >= 4 is 21.9 Å². The zero-order valence-corrected chi connectivity index (χ0v) is 12.2. The average molecular weight is 316 g/mol. The predicted octanol–water partition coefficient (Wildman–Crippen LogP) is -0.0109. The normalized spacial score (nSPS) is 19.6. The fraction of sp³-hybridized carbons (Fsp3) is 0.500. The number of hydrogen-bond donors (Lipinski definition) is 2. The van der Waals surface area contributed by atoms with Crippen LogP contribution in [0.4, 0.5) is 0 Å². The van der Waals surface area contributed by atoms with Gasteiger partial charge in [-0.05, 0) is 12.3 Å². The lowest BCUT2D eigenvalue weighted by atomic mass is 10.1. The fourth-order valence-electron chi connectivity index (χ4n) is 2.16. The Labute approximate surface area is 121 Å². The van der Waals surface area contributed by atoms with Gasteiger partial charge in [0.1, 0.15) is 6.26 Å². The molecule has 1 atom stereocenters. The molecule has 2 N–H and O–H groups in total. The van der Waals surface area contributed by atoms with E-state index in [1.807, 2.05) is 0 Å². The third-order valence-corrected chi connectivity index (χ3v) is 4.61. The molecule has 116 valence electrons. The quantitative estimate of drug-likeness (QED) is 0.789. The molecule has 1 unspecified atom stereocenters. The summed E-state index contributed by atoms with van der Waals surface area (Å²) in [6.45, 7) is 1.13. The van der Waals surface area contributed by atoms with Crippen molar-refractivity contribution in [1.29, 1.82) is 0 Å². The molecule has 0 aliphatic carbocycles. The number of carboxylic acid groups (broad SMARTS) is 1. The number of carboxylic acids is 1. The van der Waals surface area contributed by atoms with Gasteiger partial charge in [0, 0.05) is 25.7 Å². The number of amides is 1. The first-order valence-corrected chi connectivity index (χ1v) is 8.17. The number of nitrogens with one attached hydrogen (secondary N) is 1. The molecular weight excluding hydrogens is 300 g/mol. The Kier molecular flexibility index (Phi) is 4.33. The number of furan rings is 1. The Balaban J connectivity index is 1.86. The van der Waals surface area contributed by atoms with Crippen molar-refractivity contribution in [3.63, 3.8) is 0 Å². The Morgan fingerprint density at radius 1 is 1.52 bits per heavy atom. The molecular formula is C12H16N2O6S. The monoisotopic (exact) mass is 316 g/mol. The summed E-state index contributed by atoms with van der Waals surface area (Å²) in [5, 5.41) is 11.4. The molecule has 0 bridgehead atoms. The Bertz CT molecular complexity index is 650. The van der Waals surface area contributed by atoms with E-state index in [0.717, 1.165) is 18.6 Å². The molecule has 1 saturated heterocycles. The zero-order valence-electron chi connectivity index (χ0n) is 11.4. The summed E-state index contributed by atoms with van der Waals surface area (Å²) < 4.78 is 29.0. The van der Waals surface area contributed by atoms with Crippen LogP contribution >= 0.6 is 0 Å². The number of carbonyl (C=O) groups excluding carboxylic acids is 1. The minimum absolute atomic E-state index is 0.0394. The number of hydrogen-bond acceptors (Lipinski definition) is 5. The molecule has 21 heavy (non-hydrogen) atoms. The second kappa shape index (κ2) is 5.86. The second-order valence-corrected chi connectivity index (χ2v) is 6.97. The Hall–Kier alpha value is -1.87. The third-order valence-electron chi connectivity index (χ3n) is 3.34.